The summed E-state index contributed by atoms with van der Waals surface area (Å²) in [6, 6.07) is 16.1. The minimum Gasteiger partial charge on any atom is -0.330 e. The van der Waals surface area contributed by atoms with Crippen LogP contribution in [0, 0.1) is 0 Å². The lowest BCUT2D eigenvalue weighted by atomic mass is 9.56. The second-order valence-electron chi connectivity index (χ2n) is 8.16. The number of sulfonamides is 1. The molecule has 31 heavy (non-hydrogen) atoms. The van der Waals surface area contributed by atoms with Gasteiger partial charge in [-0.15, -0.1) is 12.4 Å². The van der Waals surface area contributed by atoms with Crippen molar-refractivity contribution < 1.29 is 12.8 Å². The monoisotopic (exact) mass is 488 g/mol. The molecule has 1 aliphatic carbocycles. The Labute approximate surface area is 196 Å². The maximum Gasteiger partial charge on any atom is 0.214 e. The van der Waals surface area contributed by atoms with E-state index in [1.165, 1.54) is 9.87 Å². The third-order valence-electron chi connectivity index (χ3n) is 6.34. The van der Waals surface area contributed by atoms with Crippen LogP contribution in [0.5, 0.6) is 0 Å². The second kappa shape index (κ2) is 11.1. The molecular formula is C23H31Cl2FN2O2S. The van der Waals surface area contributed by atoms with E-state index < -0.39 is 16.7 Å². The molecule has 2 N–H and O–H groups in total. The summed E-state index contributed by atoms with van der Waals surface area (Å²) in [4.78, 5) is 0. The van der Waals surface area contributed by atoms with Gasteiger partial charge in [-0.05, 0) is 48.1 Å². The quantitative estimate of drug-likeness (QED) is 0.508. The Morgan fingerprint density at radius 3 is 2.42 bits per heavy atom. The number of nitrogens with two attached hydrogens (primary N) is 1. The molecule has 4 nitrogen and oxygen atoms in total. The van der Waals surface area contributed by atoms with Crippen molar-refractivity contribution in [3.05, 3.63) is 70.2 Å². The summed E-state index contributed by atoms with van der Waals surface area (Å²) in [6.07, 6.45) is 3.32. The summed E-state index contributed by atoms with van der Waals surface area (Å²) >= 11 is 6.09. The molecular weight excluding hydrogens is 458 g/mol. The van der Waals surface area contributed by atoms with E-state index in [0.29, 0.717) is 6.54 Å². The van der Waals surface area contributed by atoms with Gasteiger partial charge in [0.05, 0.1) is 12.4 Å². The first-order valence-electron chi connectivity index (χ1n) is 10.4. The first-order chi connectivity index (χ1) is 14.3. The van der Waals surface area contributed by atoms with Crippen LogP contribution in [0.4, 0.5) is 4.39 Å². The van der Waals surface area contributed by atoms with Crippen molar-refractivity contribution in [1.29, 1.82) is 0 Å². The SMILES string of the molecule is CN(Cc1cccc(C(CN)C2(c3ccc(Cl)cc3)CCC2)c1)S(=O)(=O)CCCF.Cl. The molecule has 0 radical (unpaired) electrons. The summed E-state index contributed by atoms with van der Waals surface area (Å²) in [5.41, 5.74) is 9.54. The van der Waals surface area contributed by atoms with E-state index in [1.54, 1.807) is 7.05 Å². The molecule has 0 heterocycles. The molecule has 1 unspecified atom stereocenters. The first kappa shape index (κ1) is 26.1. The number of benzene rings is 2. The lowest BCUT2D eigenvalue weighted by Crippen LogP contribution is -2.43. The van der Waals surface area contributed by atoms with Gasteiger partial charge in [0.15, 0.2) is 0 Å². The van der Waals surface area contributed by atoms with E-state index in [2.05, 4.69) is 24.3 Å². The highest BCUT2D eigenvalue weighted by Crippen LogP contribution is 2.53. The molecule has 0 aliphatic heterocycles. The van der Waals surface area contributed by atoms with Crippen molar-refractivity contribution in [2.75, 3.05) is 26.0 Å². The molecule has 2 aromatic carbocycles. The molecule has 0 spiro atoms. The fourth-order valence-electron chi connectivity index (χ4n) is 4.51. The van der Waals surface area contributed by atoms with E-state index in [4.69, 9.17) is 17.3 Å². The summed E-state index contributed by atoms with van der Waals surface area (Å²) in [5.74, 6) is -0.0361. The van der Waals surface area contributed by atoms with Crippen LogP contribution in [0.25, 0.3) is 0 Å². The molecule has 0 aromatic heterocycles. The number of hydrogen-bond donors (Lipinski definition) is 1. The normalized spacial score (nSPS) is 16.4. The topological polar surface area (TPSA) is 63.4 Å². The molecule has 1 fully saturated rings. The largest absolute Gasteiger partial charge is 0.330 e. The maximum atomic E-state index is 12.4. The van der Waals surface area contributed by atoms with Gasteiger partial charge in [-0.1, -0.05) is 54.4 Å². The van der Waals surface area contributed by atoms with Gasteiger partial charge in [0.1, 0.15) is 0 Å². The minimum atomic E-state index is -3.47. The minimum absolute atomic E-state index is 0. The summed E-state index contributed by atoms with van der Waals surface area (Å²) < 4.78 is 38.4. The van der Waals surface area contributed by atoms with Crippen LogP contribution in [0.15, 0.2) is 48.5 Å². The number of rotatable bonds is 10. The number of halogens is 3. The highest BCUT2D eigenvalue weighted by Gasteiger charge is 2.45. The zero-order chi connectivity index (χ0) is 21.8. The van der Waals surface area contributed by atoms with E-state index in [-0.39, 0.29) is 42.5 Å². The molecule has 0 bridgehead atoms. The van der Waals surface area contributed by atoms with Gasteiger partial charge in [-0.3, -0.25) is 4.39 Å². The fraction of sp³-hybridized carbons (Fsp3) is 0.478. The number of hydrogen-bond acceptors (Lipinski definition) is 3. The Morgan fingerprint density at radius 1 is 1.19 bits per heavy atom. The van der Waals surface area contributed by atoms with E-state index >= 15 is 0 Å². The molecule has 3 rings (SSSR count). The van der Waals surface area contributed by atoms with E-state index in [0.717, 1.165) is 35.4 Å². The van der Waals surface area contributed by atoms with Crippen LogP contribution in [-0.2, 0) is 22.0 Å². The Morgan fingerprint density at radius 2 is 1.87 bits per heavy atom. The first-order valence-corrected chi connectivity index (χ1v) is 12.4. The van der Waals surface area contributed by atoms with Gasteiger partial charge in [0, 0.05) is 36.5 Å². The molecule has 172 valence electrons. The zero-order valence-corrected chi connectivity index (χ0v) is 20.2. The van der Waals surface area contributed by atoms with Gasteiger partial charge < -0.3 is 5.73 Å². The fourth-order valence-corrected chi connectivity index (χ4v) is 5.77. The average Bonchev–Trinajstić information content (AvgIpc) is 2.70. The lowest BCUT2D eigenvalue weighted by molar-refractivity contribution is 0.196. The van der Waals surface area contributed by atoms with Crippen molar-refractivity contribution in [3.8, 4) is 0 Å². The molecule has 8 heteroatoms. The molecule has 1 aliphatic rings. The third-order valence-corrected chi connectivity index (χ3v) is 8.47. The van der Waals surface area contributed by atoms with Crippen molar-refractivity contribution in [1.82, 2.24) is 4.31 Å². The van der Waals surface area contributed by atoms with Crippen LogP contribution < -0.4 is 5.73 Å². The summed E-state index contributed by atoms with van der Waals surface area (Å²) in [6.45, 7) is 0.137. The van der Waals surface area contributed by atoms with Crippen LogP contribution in [0.1, 0.15) is 48.3 Å². The van der Waals surface area contributed by atoms with Gasteiger partial charge in [-0.25, -0.2) is 12.7 Å². The number of nitrogens with zero attached hydrogens (tertiary/aromatic N) is 1. The van der Waals surface area contributed by atoms with Crippen molar-refractivity contribution in [2.24, 2.45) is 5.73 Å². The van der Waals surface area contributed by atoms with Gasteiger partial charge >= 0.3 is 0 Å². The highest BCUT2D eigenvalue weighted by atomic mass is 35.5. The van der Waals surface area contributed by atoms with Crippen molar-refractivity contribution >= 4 is 34.0 Å². The van der Waals surface area contributed by atoms with Crippen LogP contribution in [-0.4, -0.2) is 38.7 Å². The Balaban J connectivity index is 0.00000341. The van der Waals surface area contributed by atoms with Crippen LogP contribution in [0.2, 0.25) is 5.02 Å². The predicted molar refractivity (Wildman–Crippen MR) is 128 cm³/mol. The van der Waals surface area contributed by atoms with Crippen LogP contribution in [0.3, 0.4) is 0 Å². The Bertz CT molecular complexity index is 950. The Kier molecular flexibility index (Phi) is 9.34. The molecule has 1 saturated carbocycles. The molecule has 0 amide bonds. The molecule has 0 saturated heterocycles. The summed E-state index contributed by atoms with van der Waals surface area (Å²) in [5, 5.41) is 0.719. The van der Waals surface area contributed by atoms with Crippen molar-refractivity contribution in [3.63, 3.8) is 0 Å². The van der Waals surface area contributed by atoms with E-state index in [9.17, 15) is 12.8 Å². The smallest absolute Gasteiger partial charge is 0.214 e. The predicted octanol–water partition coefficient (Wildman–Crippen LogP) is 5.05. The van der Waals surface area contributed by atoms with Gasteiger partial charge in [-0.2, -0.15) is 0 Å². The third kappa shape index (κ3) is 5.79. The molecule has 1 atom stereocenters. The lowest BCUT2D eigenvalue weighted by Gasteiger charge is -2.48. The Hall–Kier alpha value is -1.18. The number of alkyl halides is 1. The standard InChI is InChI=1S/C23H30ClFN2O2S.ClH/c1-27(30(28,29)14-4-13-25)17-18-5-2-6-19(15-18)22(16-26)23(11-3-12-23)20-7-9-21(24)10-8-20;/h2,5-10,15,22H,3-4,11-14,16-17,26H2,1H3;1H. The highest BCUT2D eigenvalue weighted by molar-refractivity contribution is 7.89. The zero-order valence-electron chi connectivity index (χ0n) is 17.8. The average molecular weight is 489 g/mol. The van der Waals surface area contributed by atoms with Gasteiger partial charge in [0.2, 0.25) is 10.0 Å². The van der Waals surface area contributed by atoms with Crippen molar-refractivity contribution in [2.45, 2.75) is 43.6 Å². The maximum absolute atomic E-state index is 12.4. The molecule has 2 aromatic rings. The summed E-state index contributed by atoms with van der Waals surface area (Å²) in [7, 11) is -1.93. The second-order valence-corrected chi connectivity index (χ2v) is 10.8. The van der Waals surface area contributed by atoms with Crippen LogP contribution >= 0.6 is 24.0 Å². The van der Waals surface area contributed by atoms with Gasteiger partial charge in [0.25, 0.3) is 0 Å². The van der Waals surface area contributed by atoms with E-state index in [1.807, 2.05) is 24.3 Å².